The van der Waals surface area contributed by atoms with Crippen molar-refractivity contribution in [3.05, 3.63) is 29.1 Å². The van der Waals surface area contributed by atoms with Crippen LogP contribution in [0.2, 0.25) is 0 Å². The highest BCUT2D eigenvalue weighted by atomic mass is 35.5. The van der Waals surface area contributed by atoms with Crippen LogP contribution >= 0.6 is 12.4 Å². The van der Waals surface area contributed by atoms with Gasteiger partial charge < -0.3 is 24.8 Å². The summed E-state index contributed by atoms with van der Waals surface area (Å²) in [6.07, 6.45) is 2.71. The highest BCUT2D eigenvalue weighted by Crippen LogP contribution is 2.69. The lowest BCUT2D eigenvalue weighted by Crippen LogP contribution is -2.59. The van der Waals surface area contributed by atoms with Crippen molar-refractivity contribution >= 4 is 30.0 Å². The third-order valence-electron chi connectivity index (χ3n) is 7.48. The topological polar surface area (TPSA) is 85.9 Å². The summed E-state index contributed by atoms with van der Waals surface area (Å²) in [5, 5.41) is 6.12. The van der Waals surface area contributed by atoms with Crippen LogP contribution in [0.4, 0.5) is 10.1 Å². The average molecular weight is 469 g/mol. The number of hydrogen-bond acceptors (Lipinski definition) is 6. The molecule has 1 amide bonds. The van der Waals surface area contributed by atoms with E-state index in [1.807, 2.05) is 19.9 Å². The van der Waals surface area contributed by atoms with Crippen molar-refractivity contribution in [2.45, 2.75) is 63.2 Å². The quantitative estimate of drug-likeness (QED) is 0.646. The van der Waals surface area contributed by atoms with Crippen LogP contribution in [0.3, 0.4) is 0 Å². The maximum Gasteiger partial charge on any atom is 0.315 e. The maximum atomic E-state index is 14.2. The second-order valence-corrected chi connectivity index (χ2v) is 9.44. The number of carbonyl (C=O) groups excluding carboxylic acids is 2. The van der Waals surface area contributed by atoms with Crippen LogP contribution in [0.15, 0.2) is 12.1 Å². The van der Waals surface area contributed by atoms with E-state index in [9.17, 15) is 14.0 Å². The highest BCUT2D eigenvalue weighted by Gasteiger charge is 2.78. The molecule has 0 radical (unpaired) electrons. The largest absolute Gasteiger partial charge is 0.465 e. The Hall–Kier alpha value is -1.90. The molecule has 5 aliphatic rings. The van der Waals surface area contributed by atoms with Crippen LogP contribution in [-0.2, 0) is 30.2 Å². The van der Waals surface area contributed by atoms with Gasteiger partial charge in [0.2, 0.25) is 5.91 Å². The van der Waals surface area contributed by atoms with Gasteiger partial charge in [-0.3, -0.25) is 9.59 Å². The molecule has 3 saturated heterocycles. The molecule has 32 heavy (non-hydrogen) atoms. The van der Waals surface area contributed by atoms with Crippen LogP contribution in [0, 0.1) is 18.2 Å². The fourth-order valence-electron chi connectivity index (χ4n) is 6.08. The minimum absolute atomic E-state index is 0. The SMILES string of the molecule is CCOC(=O)C12CC(CNC(=O)C3Cc4c(F)cc(C)cc4N3)(C1)OC21CCOCC1.Cl. The summed E-state index contributed by atoms with van der Waals surface area (Å²) in [6, 6.07) is 2.83. The Labute approximate surface area is 193 Å². The number of amides is 1. The first-order valence-corrected chi connectivity index (χ1v) is 11.1. The number of halogens is 2. The molecular weight excluding hydrogens is 439 g/mol. The van der Waals surface area contributed by atoms with E-state index in [1.54, 1.807) is 0 Å². The summed E-state index contributed by atoms with van der Waals surface area (Å²) in [5.74, 6) is -0.668. The van der Waals surface area contributed by atoms with Crippen LogP contribution < -0.4 is 10.6 Å². The van der Waals surface area contributed by atoms with E-state index in [1.165, 1.54) is 6.07 Å². The van der Waals surface area contributed by atoms with Crippen LogP contribution in [-0.4, -0.2) is 55.5 Å². The molecule has 9 heteroatoms. The molecule has 1 atom stereocenters. The van der Waals surface area contributed by atoms with Crippen molar-refractivity contribution in [3.63, 3.8) is 0 Å². The molecule has 1 aliphatic carbocycles. The zero-order chi connectivity index (χ0) is 21.9. The molecule has 4 heterocycles. The van der Waals surface area contributed by atoms with Gasteiger partial charge in [-0.1, -0.05) is 0 Å². The van der Waals surface area contributed by atoms with Gasteiger partial charge >= 0.3 is 5.97 Å². The van der Waals surface area contributed by atoms with Gasteiger partial charge in [-0.15, -0.1) is 12.4 Å². The zero-order valence-electron chi connectivity index (χ0n) is 18.4. The Morgan fingerprint density at radius 3 is 2.69 bits per heavy atom. The van der Waals surface area contributed by atoms with Crippen molar-refractivity contribution in [1.29, 1.82) is 0 Å². The lowest BCUT2D eigenvalue weighted by Gasteiger charge is -2.46. The molecular formula is C23H30ClFN2O5. The fourth-order valence-corrected chi connectivity index (χ4v) is 6.08. The van der Waals surface area contributed by atoms with Crippen molar-refractivity contribution in [3.8, 4) is 0 Å². The molecule has 6 rings (SSSR count). The molecule has 4 aliphatic heterocycles. The molecule has 176 valence electrons. The number of fused-ring (bicyclic) bond motifs is 1. The molecule has 2 N–H and O–H groups in total. The molecule has 1 aromatic rings. The van der Waals surface area contributed by atoms with Crippen LogP contribution in [0.25, 0.3) is 0 Å². The second kappa shape index (κ2) is 8.15. The minimum atomic E-state index is -0.653. The molecule has 7 nitrogen and oxygen atoms in total. The third-order valence-corrected chi connectivity index (χ3v) is 7.48. The summed E-state index contributed by atoms with van der Waals surface area (Å²) >= 11 is 0. The number of hydrogen-bond donors (Lipinski definition) is 2. The first kappa shape index (κ1) is 23.3. The summed E-state index contributed by atoms with van der Waals surface area (Å²) in [7, 11) is 0. The van der Waals surface area contributed by atoms with Crippen LogP contribution in [0.1, 0.15) is 43.7 Å². The number of ether oxygens (including phenoxy) is 3. The van der Waals surface area contributed by atoms with E-state index in [2.05, 4.69) is 10.6 Å². The van der Waals surface area contributed by atoms with Gasteiger partial charge in [-0.25, -0.2) is 4.39 Å². The lowest BCUT2D eigenvalue weighted by atomic mass is 9.54. The van der Waals surface area contributed by atoms with Gasteiger partial charge in [0.15, 0.2) is 0 Å². The molecule has 1 aromatic carbocycles. The van der Waals surface area contributed by atoms with E-state index in [4.69, 9.17) is 14.2 Å². The third kappa shape index (κ3) is 3.38. The molecule has 2 bridgehead atoms. The zero-order valence-corrected chi connectivity index (χ0v) is 19.2. The number of aryl methyl sites for hydroxylation is 1. The number of rotatable bonds is 5. The van der Waals surface area contributed by atoms with Gasteiger partial charge in [0, 0.05) is 50.3 Å². The Morgan fingerprint density at radius 1 is 1.28 bits per heavy atom. The summed E-state index contributed by atoms with van der Waals surface area (Å²) in [5.41, 5.74) is 0.249. The number of nitrogens with one attached hydrogen (secondary N) is 2. The van der Waals surface area contributed by atoms with E-state index >= 15 is 0 Å². The molecule has 4 fully saturated rings. The first-order valence-electron chi connectivity index (χ1n) is 11.1. The van der Waals surface area contributed by atoms with E-state index in [0.29, 0.717) is 69.7 Å². The molecule has 1 spiro atoms. The summed E-state index contributed by atoms with van der Waals surface area (Å²) in [6.45, 7) is 5.40. The monoisotopic (exact) mass is 468 g/mol. The Bertz CT molecular complexity index is 927. The van der Waals surface area contributed by atoms with Gasteiger partial charge in [-0.05, 0) is 44.4 Å². The Morgan fingerprint density at radius 2 is 2.00 bits per heavy atom. The standard InChI is InChI=1S/C23H29FN2O5.ClH/c1-3-30-20(28)22-11-21(12-22,31-23(22)4-6-29-7-5-23)13-25-19(27)18-10-15-16(24)8-14(2)9-17(15)26-18;/h8-9,18,26H,3-7,10-13H2,1-2H3,(H,25,27);1H. The number of esters is 1. The predicted octanol–water partition coefficient (Wildman–Crippen LogP) is 2.67. The number of benzene rings is 1. The van der Waals surface area contributed by atoms with Gasteiger partial charge in [0.1, 0.15) is 17.3 Å². The van der Waals surface area contributed by atoms with Crippen LogP contribution in [0.5, 0.6) is 0 Å². The van der Waals surface area contributed by atoms with E-state index in [-0.39, 0.29) is 30.1 Å². The number of carbonyl (C=O) groups is 2. The molecule has 0 aromatic heterocycles. The van der Waals surface area contributed by atoms with Crippen molar-refractivity contribution in [2.24, 2.45) is 5.41 Å². The van der Waals surface area contributed by atoms with E-state index < -0.39 is 22.7 Å². The fraction of sp³-hybridized carbons (Fsp3) is 0.652. The highest BCUT2D eigenvalue weighted by molar-refractivity contribution is 5.88. The van der Waals surface area contributed by atoms with E-state index in [0.717, 1.165) is 5.56 Å². The number of anilines is 1. The first-order chi connectivity index (χ1) is 14.8. The van der Waals surface area contributed by atoms with Gasteiger partial charge in [0.25, 0.3) is 0 Å². The van der Waals surface area contributed by atoms with Crippen molar-refractivity contribution < 1.29 is 28.2 Å². The van der Waals surface area contributed by atoms with Crippen molar-refractivity contribution in [2.75, 3.05) is 31.7 Å². The molecule has 1 saturated carbocycles. The Kier molecular flexibility index (Phi) is 5.92. The van der Waals surface area contributed by atoms with Gasteiger partial charge in [-0.2, -0.15) is 0 Å². The minimum Gasteiger partial charge on any atom is -0.465 e. The smallest absolute Gasteiger partial charge is 0.315 e. The average Bonchev–Trinajstić information content (AvgIpc) is 3.32. The normalized spacial score (nSPS) is 31.2. The predicted molar refractivity (Wildman–Crippen MR) is 117 cm³/mol. The Balaban J connectivity index is 0.00000245. The van der Waals surface area contributed by atoms with Gasteiger partial charge in [0.05, 0.1) is 17.8 Å². The maximum absolute atomic E-state index is 14.2. The summed E-state index contributed by atoms with van der Waals surface area (Å²) < 4.78 is 31.7. The lowest BCUT2D eigenvalue weighted by molar-refractivity contribution is -0.170. The summed E-state index contributed by atoms with van der Waals surface area (Å²) in [4.78, 5) is 25.7. The second-order valence-electron chi connectivity index (χ2n) is 9.44. The molecule has 1 unspecified atom stereocenters. The van der Waals surface area contributed by atoms with Crippen molar-refractivity contribution in [1.82, 2.24) is 5.32 Å².